The van der Waals surface area contributed by atoms with Crippen LogP contribution in [0.5, 0.6) is 0 Å². The van der Waals surface area contributed by atoms with Crippen LogP contribution in [0.4, 0.5) is 0 Å². The van der Waals surface area contributed by atoms with Crippen molar-refractivity contribution in [1.29, 1.82) is 0 Å². The van der Waals surface area contributed by atoms with Gasteiger partial charge < -0.3 is 29.7 Å². The van der Waals surface area contributed by atoms with Gasteiger partial charge in [0.05, 0.1) is 7.11 Å². The molecule has 0 radical (unpaired) electrons. The van der Waals surface area contributed by atoms with E-state index in [2.05, 4.69) is 62.0 Å². The molecule has 1 aliphatic carbocycles. The summed E-state index contributed by atoms with van der Waals surface area (Å²) in [5, 5.41) is 6.83. The number of allylic oxidation sites excluding steroid dienone is 3. The van der Waals surface area contributed by atoms with E-state index >= 15 is 0 Å². The number of Topliss-reactive ketones (excluding diaryl/α,β-unsaturated/α-hetero) is 1. The largest absolute Gasteiger partial charge is 2.00 e. The molecule has 0 amide bonds. The summed E-state index contributed by atoms with van der Waals surface area (Å²) in [4.78, 5) is 56.6. The average Bonchev–Trinajstić information content (AvgIpc) is 3.99. The van der Waals surface area contributed by atoms with Crippen LogP contribution >= 0.6 is 0 Å². The molecule has 3 aromatic rings. The van der Waals surface area contributed by atoms with E-state index in [4.69, 9.17) is 29.7 Å². The van der Waals surface area contributed by atoms with E-state index < -0.39 is 11.9 Å². The van der Waals surface area contributed by atoms with Crippen LogP contribution in [0, 0.1) is 56.3 Å². The van der Waals surface area contributed by atoms with Crippen molar-refractivity contribution in [2.75, 3.05) is 13.7 Å². The number of fused-ring (bicyclic) bond motifs is 7. The Kier molecular flexibility index (Phi) is 18.3. The van der Waals surface area contributed by atoms with Gasteiger partial charge in [-0.25, -0.2) is 0 Å². The van der Waals surface area contributed by atoms with Gasteiger partial charge in [0.2, 0.25) is 0 Å². The van der Waals surface area contributed by atoms with Crippen LogP contribution in [0.15, 0.2) is 29.6 Å². The summed E-state index contributed by atoms with van der Waals surface area (Å²) in [6, 6.07) is 0. The Labute approximate surface area is 404 Å². The molecule has 10 heteroatoms. The van der Waals surface area contributed by atoms with Crippen molar-refractivity contribution in [2.24, 2.45) is 35.5 Å². The molecule has 0 aromatic carbocycles. The molecule has 2 aliphatic heterocycles. The number of nitrogens with zero attached hydrogens (tertiary/aromatic N) is 4. The molecule has 8 bridgehead atoms. The predicted molar refractivity (Wildman–Crippen MR) is 265 cm³/mol. The van der Waals surface area contributed by atoms with Gasteiger partial charge in [0.25, 0.3) is 0 Å². The third-order valence-corrected chi connectivity index (χ3v) is 14.2. The summed E-state index contributed by atoms with van der Waals surface area (Å²) in [6.45, 7) is 26.0. The first-order valence-corrected chi connectivity index (χ1v) is 24.0. The van der Waals surface area contributed by atoms with Gasteiger partial charge in [-0.05, 0) is 94.6 Å². The van der Waals surface area contributed by atoms with E-state index in [0.717, 1.165) is 81.1 Å². The molecule has 9 nitrogen and oxygen atoms in total. The van der Waals surface area contributed by atoms with E-state index in [1.807, 2.05) is 44.2 Å². The molecular weight excluding hydrogens is 821 g/mol. The number of carbonyl (C=O) groups excluding carboxylic acids is 3. The zero-order valence-electron chi connectivity index (χ0n) is 41.3. The number of rotatable bonds is 20. The fraction of sp³-hybridized carbons (Fsp3) is 0.545. The minimum atomic E-state index is -1.22. The number of carbonyl (C=O) groups is 3. The molecule has 0 N–H and O–H groups in total. The summed E-state index contributed by atoms with van der Waals surface area (Å²) < 4.78 is 11.0. The zero-order valence-corrected chi connectivity index (χ0v) is 42.7. The van der Waals surface area contributed by atoms with Crippen LogP contribution in [0.2, 0.25) is 0 Å². The normalized spacial score (nSPS) is 21.7. The van der Waals surface area contributed by atoms with Crippen molar-refractivity contribution in [3.05, 3.63) is 102 Å². The van der Waals surface area contributed by atoms with E-state index in [0.29, 0.717) is 46.1 Å². The first kappa shape index (κ1) is 51.7. The van der Waals surface area contributed by atoms with Crippen LogP contribution in [0.3, 0.4) is 0 Å². The Morgan fingerprint density at radius 1 is 0.831 bits per heavy atom. The van der Waals surface area contributed by atoms with Crippen LogP contribution in [-0.2, 0) is 25.5 Å². The number of ketones is 1. The smallest absolute Gasteiger partial charge is 0.664 e. The van der Waals surface area contributed by atoms with Gasteiger partial charge in [-0.15, -0.1) is 33.5 Å². The number of esters is 2. The monoisotopic (exact) mass is 893 g/mol. The second-order valence-corrected chi connectivity index (χ2v) is 19.4. The summed E-state index contributed by atoms with van der Waals surface area (Å²) in [5.74, 6) is -0.711. The van der Waals surface area contributed by atoms with Crippen LogP contribution in [0.25, 0.3) is 35.2 Å². The van der Waals surface area contributed by atoms with Crippen molar-refractivity contribution >= 4 is 70.7 Å². The number of ether oxygens (including phenoxy) is 2. The molecule has 6 rings (SSSR count). The van der Waals surface area contributed by atoms with Gasteiger partial charge in [0.15, 0.2) is 5.78 Å². The predicted octanol–water partition coefficient (Wildman–Crippen LogP) is 10.4. The van der Waals surface area contributed by atoms with Crippen LogP contribution in [0.1, 0.15) is 180 Å². The van der Waals surface area contributed by atoms with Gasteiger partial charge in [0.1, 0.15) is 12.5 Å². The molecule has 1 fully saturated rings. The Hall–Kier alpha value is -4.28. The van der Waals surface area contributed by atoms with Crippen LogP contribution < -0.4 is 25.7 Å². The molecule has 0 spiro atoms. The van der Waals surface area contributed by atoms with Crippen molar-refractivity contribution < 1.29 is 23.9 Å². The first-order valence-electron chi connectivity index (χ1n) is 24.0. The maximum atomic E-state index is 14.4. The van der Waals surface area contributed by atoms with E-state index in [1.54, 1.807) is 0 Å². The van der Waals surface area contributed by atoms with Crippen molar-refractivity contribution in [3.63, 3.8) is 0 Å². The number of aromatic nitrogens is 3. The third kappa shape index (κ3) is 11.6. The summed E-state index contributed by atoms with van der Waals surface area (Å²) in [7, 11) is 1.30. The van der Waals surface area contributed by atoms with Crippen molar-refractivity contribution in [1.82, 2.24) is 15.0 Å². The van der Waals surface area contributed by atoms with Gasteiger partial charge in [-0.1, -0.05) is 151 Å². The maximum Gasteiger partial charge on any atom is 2.00 e. The van der Waals surface area contributed by atoms with Crippen LogP contribution in [-0.4, -0.2) is 54.5 Å². The maximum absolute atomic E-state index is 14.4. The first-order chi connectivity index (χ1) is 30.6. The zero-order chi connectivity index (χ0) is 46.4. The molecule has 5 atom stereocenters. The average molecular weight is 894 g/mol. The van der Waals surface area contributed by atoms with E-state index in [1.165, 1.54) is 57.6 Å². The van der Waals surface area contributed by atoms with E-state index in [-0.39, 0.29) is 59.7 Å². The fourth-order valence-corrected chi connectivity index (χ4v) is 10.1. The topological polar surface area (TPSA) is 126 Å². The van der Waals surface area contributed by atoms with E-state index in [9.17, 15) is 14.4 Å². The molecule has 0 unspecified atom stereocenters. The van der Waals surface area contributed by atoms with Gasteiger partial charge >= 0.3 is 35.0 Å². The third-order valence-electron chi connectivity index (χ3n) is 14.2. The summed E-state index contributed by atoms with van der Waals surface area (Å²) in [6.07, 6.45) is 22.4. The summed E-state index contributed by atoms with van der Waals surface area (Å²) in [5.41, 5.74) is 10.7. The van der Waals surface area contributed by atoms with Gasteiger partial charge in [-0.3, -0.25) is 14.4 Å². The second-order valence-electron chi connectivity index (χ2n) is 19.4. The van der Waals surface area contributed by atoms with Crippen molar-refractivity contribution in [2.45, 2.75) is 146 Å². The summed E-state index contributed by atoms with van der Waals surface area (Å²) >= 11 is 0. The molecular formula is C55H72MgN4O5-2. The Morgan fingerprint density at radius 2 is 1.48 bits per heavy atom. The standard InChI is InChI=1S/C55H73N4O5.Mg/c1-13-39-35(8)42-28-44-37(10)41(24-25-48(60)64-27-26-34(7)23-17-22-33(6)21-16-20-32(5)19-15-18-31(3)4)52(58-44)50-51(55(62)63-12)54(61)49-38(11)45(59-53(49)50)30-47-40(14-2)36(9)43(57-47)29-46(39)56-42;/h13,26,28-33,37,41,51H,1,14-25,27H2,2-12H3,(H-,58,59,61);/q-3;+2/p-1/b34-26+,43-29-,44-28-,47-30-;/t32-,33-,37+,41+,51-;/m1./s1. The molecule has 65 heavy (non-hydrogen) atoms. The quantitative estimate of drug-likeness (QED) is 0.0475. The molecule has 3 aromatic heterocycles. The Morgan fingerprint density at radius 3 is 2.12 bits per heavy atom. The van der Waals surface area contributed by atoms with Gasteiger partial charge in [-0.2, -0.15) is 11.4 Å². The van der Waals surface area contributed by atoms with Gasteiger partial charge in [0, 0.05) is 12.0 Å². The Balaban J connectivity index is 0.00000793. The minimum absolute atomic E-state index is 0. The fourth-order valence-electron chi connectivity index (χ4n) is 10.1. The molecule has 0 saturated carbocycles. The minimum Gasteiger partial charge on any atom is -0.664 e. The van der Waals surface area contributed by atoms with Crippen molar-refractivity contribution in [3.8, 4) is 0 Å². The molecule has 346 valence electrons. The SMILES string of the molecule is C=Cc1c2[n-]c(c1C)/C=C1\[N-]/C(=C3\c4[n-]c(c(C)c4C(=O)[C@@H]3C(=O)OC)/C=c3\[n-]/c(c(C)c3CC)=C\2)[C@@H](CCC(=O)OC/C=C(\C)CCC[C@H](C)CCC[C@H](C)CCCC(C)C)[C@@H]1C.[Mg+2]. The molecule has 3 aliphatic rings. The molecule has 5 heterocycles. The number of hydrogen-bond acceptors (Lipinski definition) is 5. The number of methoxy groups -OCH3 is 1. The Bertz CT molecular complexity index is 2450. The number of hydrogen-bond donors (Lipinski definition) is 0. The second kappa shape index (κ2) is 22.9. The molecule has 1 saturated heterocycles.